The summed E-state index contributed by atoms with van der Waals surface area (Å²) < 4.78 is 15.3. The fourth-order valence-electron chi connectivity index (χ4n) is 3.65. The zero-order chi connectivity index (χ0) is 21.1. The van der Waals surface area contributed by atoms with E-state index in [2.05, 4.69) is 39.2 Å². The number of anilines is 1. The summed E-state index contributed by atoms with van der Waals surface area (Å²) in [4.78, 5) is 16.1. The number of halogens is 1. The van der Waals surface area contributed by atoms with Crippen LogP contribution in [-0.4, -0.2) is 49.8 Å². The minimum atomic E-state index is -0.687. The standard InChI is InChI=1S/C18H20FN5.C4H6O2/c19-15-3-2-10-23(12-15)11-13-6-8-14(9-7-13)16-4-1-5-17-21-18(20)22-24(16)17;5-4(6)3-1-2-3/h1,4-9,15H,2-3,10-12H2,(H2,20,22);3H,1-2H2,(H,5,6). The number of hydrogen-bond acceptors (Lipinski definition) is 5. The molecule has 1 aliphatic heterocycles. The summed E-state index contributed by atoms with van der Waals surface area (Å²) in [5.74, 6) is -0.343. The van der Waals surface area contributed by atoms with Gasteiger partial charge in [0.1, 0.15) is 6.17 Å². The lowest BCUT2D eigenvalue weighted by molar-refractivity contribution is -0.138. The Hall–Kier alpha value is -3.00. The topological polar surface area (TPSA) is 96.8 Å². The maximum atomic E-state index is 13.5. The number of aromatic nitrogens is 3. The predicted molar refractivity (Wildman–Crippen MR) is 113 cm³/mol. The molecule has 30 heavy (non-hydrogen) atoms. The van der Waals surface area contributed by atoms with E-state index >= 15 is 0 Å². The lowest BCUT2D eigenvalue weighted by atomic mass is 10.1. The Kier molecular flexibility index (Phi) is 5.94. The number of hydrogen-bond donors (Lipinski definition) is 2. The van der Waals surface area contributed by atoms with Crippen molar-refractivity contribution in [1.82, 2.24) is 19.5 Å². The molecule has 1 aliphatic carbocycles. The van der Waals surface area contributed by atoms with Gasteiger partial charge in [-0.05, 0) is 49.9 Å². The van der Waals surface area contributed by atoms with Crippen LogP contribution in [-0.2, 0) is 11.3 Å². The summed E-state index contributed by atoms with van der Waals surface area (Å²) in [5.41, 5.74) is 9.62. The van der Waals surface area contributed by atoms with Crippen molar-refractivity contribution in [2.75, 3.05) is 18.8 Å². The van der Waals surface area contributed by atoms with E-state index < -0.39 is 12.1 Å². The Balaban J connectivity index is 0.000000313. The molecule has 2 fully saturated rings. The van der Waals surface area contributed by atoms with Crippen LogP contribution in [0.1, 0.15) is 31.2 Å². The highest BCUT2D eigenvalue weighted by atomic mass is 19.1. The number of carbonyl (C=O) groups is 1. The summed E-state index contributed by atoms with van der Waals surface area (Å²) in [7, 11) is 0. The zero-order valence-corrected chi connectivity index (χ0v) is 16.7. The van der Waals surface area contributed by atoms with E-state index in [1.807, 2.05) is 18.2 Å². The molecule has 5 rings (SSSR count). The number of alkyl halides is 1. The van der Waals surface area contributed by atoms with E-state index in [0.29, 0.717) is 13.0 Å². The quantitative estimate of drug-likeness (QED) is 0.683. The highest BCUT2D eigenvalue weighted by Crippen LogP contribution is 2.28. The molecule has 1 saturated carbocycles. The largest absolute Gasteiger partial charge is 0.481 e. The number of nitrogens with zero attached hydrogens (tertiary/aromatic N) is 4. The first-order valence-electron chi connectivity index (χ1n) is 10.3. The molecule has 158 valence electrons. The number of fused-ring (bicyclic) bond motifs is 1. The zero-order valence-electron chi connectivity index (χ0n) is 16.7. The average molecular weight is 411 g/mol. The first kappa shape index (κ1) is 20.3. The van der Waals surface area contributed by atoms with Gasteiger partial charge in [-0.3, -0.25) is 9.69 Å². The van der Waals surface area contributed by atoms with Crippen LogP contribution in [0.15, 0.2) is 42.5 Å². The first-order chi connectivity index (χ1) is 14.5. The number of likely N-dealkylation sites (tertiary alicyclic amines) is 1. The summed E-state index contributed by atoms with van der Waals surface area (Å²) in [5, 5.41) is 12.3. The molecule has 1 aromatic carbocycles. The molecule has 2 aromatic heterocycles. The van der Waals surface area contributed by atoms with Gasteiger partial charge in [-0.15, -0.1) is 5.10 Å². The van der Waals surface area contributed by atoms with Gasteiger partial charge in [0, 0.05) is 18.7 Å². The predicted octanol–water partition coefficient (Wildman–Crippen LogP) is 3.39. The molecular formula is C22H26FN5O2. The van der Waals surface area contributed by atoms with E-state index in [-0.39, 0.29) is 11.9 Å². The summed E-state index contributed by atoms with van der Waals surface area (Å²) in [6.07, 6.45) is 2.74. The second kappa shape index (κ2) is 8.79. The Labute approximate surface area is 174 Å². The minimum absolute atomic E-state index is 0.0185. The van der Waals surface area contributed by atoms with Crippen molar-refractivity contribution in [3.63, 3.8) is 0 Å². The van der Waals surface area contributed by atoms with Crippen LogP contribution < -0.4 is 5.73 Å². The third kappa shape index (κ3) is 4.94. The van der Waals surface area contributed by atoms with Gasteiger partial charge < -0.3 is 10.8 Å². The van der Waals surface area contributed by atoms with E-state index in [1.54, 1.807) is 4.52 Å². The molecule has 2 aliphatic rings. The number of carboxylic acids is 1. The van der Waals surface area contributed by atoms with Crippen LogP contribution in [0.4, 0.5) is 10.3 Å². The third-order valence-electron chi connectivity index (χ3n) is 5.41. The second-order valence-corrected chi connectivity index (χ2v) is 7.94. The van der Waals surface area contributed by atoms with Gasteiger partial charge >= 0.3 is 5.97 Å². The average Bonchev–Trinajstić information content (AvgIpc) is 3.50. The van der Waals surface area contributed by atoms with Crippen molar-refractivity contribution in [3.8, 4) is 11.3 Å². The number of nitrogens with two attached hydrogens (primary N) is 1. The number of rotatable bonds is 4. The summed E-state index contributed by atoms with van der Waals surface area (Å²) in [6.45, 7) is 2.31. The van der Waals surface area contributed by atoms with Crippen LogP contribution in [0.25, 0.3) is 16.9 Å². The molecule has 8 heteroatoms. The molecule has 1 unspecified atom stereocenters. The fourth-order valence-corrected chi connectivity index (χ4v) is 3.65. The first-order valence-corrected chi connectivity index (χ1v) is 10.3. The molecule has 7 nitrogen and oxygen atoms in total. The number of benzene rings is 1. The number of carboxylic acid groups (broad SMARTS) is 1. The molecule has 0 spiro atoms. The molecule has 3 heterocycles. The van der Waals surface area contributed by atoms with Crippen molar-refractivity contribution in [3.05, 3.63) is 48.0 Å². The maximum Gasteiger partial charge on any atom is 0.306 e. The van der Waals surface area contributed by atoms with Crippen molar-refractivity contribution >= 4 is 17.6 Å². The van der Waals surface area contributed by atoms with Crippen LogP contribution in [0.3, 0.4) is 0 Å². The lowest BCUT2D eigenvalue weighted by Gasteiger charge is -2.28. The van der Waals surface area contributed by atoms with Crippen molar-refractivity contribution < 1.29 is 14.3 Å². The van der Waals surface area contributed by atoms with Crippen molar-refractivity contribution in [2.24, 2.45) is 5.92 Å². The van der Waals surface area contributed by atoms with E-state index in [1.165, 1.54) is 5.56 Å². The summed E-state index contributed by atoms with van der Waals surface area (Å²) >= 11 is 0. The van der Waals surface area contributed by atoms with Gasteiger partial charge in [-0.2, -0.15) is 4.98 Å². The second-order valence-electron chi connectivity index (χ2n) is 7.94. The summed E-state index contributed by atoms with van der Waals surface area (Å²) in [6, 6.07) is 14.1. The van der Waals surface area contributed by atoms with Gasteiger partial charge in [0.2, 0.25) is 5.95 Å². The molecular weight excluding hydrogens is 385 g/mol. The van der Waals surface area contributed by atoms with Gasteiger partial charge in [-0.25, -0.2) is 8.91 Å². The molecule has 1 atom stereocenters. The van der Waals surface area contributed by atoms with E-state index in [9.17, 15) is 9.18 Å². The van der Waals surface area contributed by atoms with Crippen LogP contribution >= 0.6 is 0 Å². The van der Waals surface area contributed by atoms with Gasteiger partial charge in [0.05, 0.1) is 11.6 Å². The molecule has 3 N–H and O–H groups in total. The normalized spacial score (nSPS) is 19.3. The monoisotopic (exact) mass is 411 g/mol. The number of pyridine rings is 1. The Morgan fingerprint density at radius 3 is 2.57 bits per heavy atom. The minimum Gasteiger partial charge on any atom is -0.481 e. The number of nitrogen functional groups attached to an aromatic ring is 1. The van der Waals surface area contributed by atoms with Crippen molar-refractivity contribution in [2.45, 2.75) is 38.4 Å². The van der Waals surface area contributed by atoms with Gasteiger partial charge in [0.15, 0.2) is 5.65 Å². The molecule has 3 aromatic rings. The molecule has 1 saturated heterocycles. The van der Waals surface area contributed by atoms with Gasteiger partial charge in [-0.1, -0.05) is 30.3 Å². The SMILES string of the molecule is Nc1nc2cccc(-c3ccc(CN4CCCC(F)C4)cc3)n2n1.O=C(O)C1CC1. The number of piperidine rings is 1. The maximum absolute atomic E-state index is 13.5. The number of aliphatic carboxylic acids is 1. The van der Waals surface area contributed by atoms with Crippen LogP contribution in [0.2, 0.25) is 0 Å². The lowest BCUT2D eigenvalue weighted by Crippen LogP contribution is -2.35. The highest BCUT2D eigenvalue weighted by molar-refractivity contribution is 5.72. The van der Waals surface area contributed by atoms with Crippen molar-refractivity contribution in [1.29, 1.82) is 0 Å². The van der Waals surface area contributed by atoms with E-state index in [4.69, 9.17) is 10.8 Å². The molecule has 0 amide bonds. The Bertz CT molecular complexity index is 1020. The Morgan fingerprint density at radius 1 is 1.17 bits per heavy atom. The third-order valence-corrected chi connectivity index (χ3v) is 5.41. The van der Waals surface area contributed by atoms with E-state index in [0.717, 1.165) is 49.3 Å². The van der Waals surface area contributed by atoms with Gasteiger partial charge in [0.25, 0.3) is 0 Å². The fraction of sp³-hybridized carbons (Fsp3) is 0.409. The van der Waals surface area contributed by atoms with Crippen LogP contribution in [0.5, 0.6) is 0 Å². The molecule has 0 bridgehead atoms. The highest BCUT2D eigenvalue weighted by Gasteiger charge is 2.28. The van der Waals surface area contributed by atoms with Crippen LogP contribution in [0, 0.1) is 5.92 Å². The smallest absolute Gasteiger partial charge is 0.306 e. The Morgan fingerprint density at radius 2 is 1.93 bits per heavy atom. The molecule has 0 radical (unpaired) electrons.